The van der Waals surface area contributed by atoms with E-state index in [1.165, 1.54) is 23.8 Å². The molecule has 0 bridgehead atoms. The molecule has 0 spiro atoms. The fourth-order valence-corrected chi connectivity index (χ4v) is 3.17. The van der Waals surface area contributed by atoms with E-state index >= 15 is 0 Å². The first kappa shape index (κ1) is 21.3. The van der Waals surface area contributed by atoms with E-state index in [1.54, 1.807) is 30.3 Å². The number of hydrogen-bond donors (Lipinski definition) is 0. The topological polar surface area (TPSA) is 91.0 Å². The fourth-order valence-electron chi connectivity index (χ4n) is 2.99. The number of cyclic esters (lactones) is 1. The summed E-state index contributed by atoms with van der Waals surface area (Å²) in [6, 6.07) is 19.4. The third-order valence-electron chi connectivity index (χ3n) is 4.72. The number of benzene rings is 3. The SMILES string of the molecule is Cc1ccc(COc2ccc(/C=C3\N=C(c4ccc(Cl)c([N+](=O)[O-])c4)OC3=O)cc2)cc1. The lowest BCUT2D eigenvalue weighted by molar-refractivity contribution is -0.384. The molecule has 0 aliphatic carbocycles. The predicted octanol–water partition coefficient (Wildman–Crippen LogP) is 5.48. The normalized spacial score (nSPS) is 14.2. The van der Waals surface area contributed by atoms with Crippen molar-refractivity contribution in [2.24, 2.45) is 4.99 Å². The van der Waals surface area contributed by atoms with Crippen molar-refractivity contribution in [2.45, 2.75) is 13.5 Å². The Morgan fingerprint density at radius 1 is 1.09 bits per heavy atom. The maximum Gasteiger partial charge on any atom is 0.363 e. The van der Waals surface area contributed by atoms with Crippen LogP contribution in [-0.4, -0.2) is 16.8 Å². The van der Waals surface area contributed by atoms with Crippen molar-refractivity contribution >= 4 is 35.2 Å². The van der Waals surface area contributed by atoms with E-state index in [1.807, 2.05) is 31.2 Å². The van der Waals surface area contributed by atoms with Crippen LogP contribution in [0.5, 0.6) is 5.75 Å². The molecule has 0 amide bonds. The molecule has 160 valence electrons. The number of ether oxygens (including phenoxy) is 2. The Hall–Kier alpha value is -3.97. The number of aryl methyl sites for hydroxylation is 1. The van der Waals surface area contributed by atoms with E-state index in [-0.39, 0.29) is 27.9 Å². The molecule has 3 aromatic rings. The van der Waals surface area contributed by atoms with Gasteiger partial charge in [0.2, 0.25) is 5.90 Å². The summed E-state index contributed by atoms with van der Waals surface area (Å²) in [6.07, 6.45) is 1.57. The van der Waals surface area contributed by atoms with Crippen molar-refractivity contribution in [1.29, 1.82) is 0 Å². The van der Waals surface area contributed by atoms with Crippen LogP contribution in [0.3, 0.4) is 0 Å². The maximum atomic E-state index is 12.2. The maximum absolute atomic E-state index is 12.2. The summed E-state index contributed by atoms with van der Waals surface area (Å²) in [4.78, 5) is 26.9. The van der Waals surface area contributed by atoms with Gasteiger partial charge >= 0.3 is 5.97 Å². The highest BCUT2D eigenvalue weighted by Crippen LogP contribution is 2.28. The summed E-state index contributed by atoms with van der Waals surface area (Å²) in [5.41, 5.74) is 3.08. The second-order valence-electron chi connectivity index (χ2n) is 7.10. The number of esters is 1. The van der Waals surface area contributed by atoms with Gasteiger partial charge in [0.05, 0.1) is 4.92 Å². The molecule has 1 heterocycles. The van der Waals surface area contributed by atoms with E-state index in [2.05, 4.69) is 4.99 Å². The number of carbonyl (C=O) groups is 1. The molecule has 0 aromatic heterocycles. The number of nitro groups is 1. The Kier molecular flexibility index (Phi) is 6.00. The first-order valence-corrected chi connectivity index (χ1v) is 10.0. The highest BCUT2D eigenvalue weighted by Gasteiger charge is 2.26. The second kappa shape index (κ2) is 9.03. The van der Waals surface area contributed by atoms with Crippen LogP contribution in [-0.2, 0) is 16.1 Å². The van der Waals surface area contributed by atoms with Crippen LogP contribution in [0.1, 0.15) is 22.3 Å². The van der Waals surface area contributed by atoms with E-state index in [0.717, 1.165) is 11.1 Å². The van der Waals surface area contributed by atoms with Gasteiger partial charge in [-0.3, -0.25) is 10.1 Å². The Morgan fingerprint density at radius 3 is 2.50 bits per heavy atom. The third-order valence-corrected chi connectivity index (χ3v) is 5.04. The van der Waals surface area contributed by atoms with E-state index in [9.17, 15) is 14.9 Å². The number of hydrogen-bond acceptors (Lipinski definition) is 6. The molecular formula is C24H17ClN2O5. The average Bonchev–Trinajstić information content (AvgIpc) is 3.14. The molecule has 7 nitrogen and oxygen atoms in total. The van der Waals surface area contributed by atoms with Crippen molar-refractivity contribution < 1.29 is 19.2 Å². The largest absolute Gasteiger partial charge is 0.489 e. The number of nitro benzene ring substituents is 1. The quantitative estimate of drug-likeness (QED) is 0.215. The van der Waals surface area contributed by atoms with Crippen molar-refractivity contribution in [3.05, 3.63) is 110 Å². The Labute approximate surface area is 188 Å². The minimum atomic E-state index is -0.641. The summed E-state index contributed by atoms with van der Waals surface area (Å²) in [6.45, 7) is 2.48. The van der Waals surface area contributed by atoms with Gasteiger partial charge in [-0.05, 0) is 48.4 Å². The molecule has 1 aliphatic heterocycles. The molecule has 3 aromatic carbocycles. The van der Waals surface area contributed by atoms with Gasteiger partial charge < -0.3 is 9.47 Å². The van der Waals surface area contributed by atoms with Gasteiger partial charge in [0.25, 0.3) is 5.69 Å². The molecule has 1 aliphatic rings. The Morgan fingerprint density at radius 2 is 1.81 bits per heavy atom. The van der Waals surface area contributed by atoms with Crippen LogP contribution in [0.2, 0.25) is 5.02 Å². The van der Waals surface area contributed by atoms with Crippen molar-refractivity contribution in [2.75, 3.05) is 0 Å². The van der Waals surface area contributed by atoms with Gasteiger partial charge in [-0.1, -0.05) is 53.6 Å². The zero-order valence-electron chi connectivity index (χ0n) is 16.9. The number of nitrogens with zero attached hydrogens (tertiary/aromatic N) is 2. The van der Waals surface area contributed by atoms with Crippen molar-refractivity contribution in [3.63, 3.8) is 0 Å². The van der Waals surface area contributed by atoms with Gasteiger partial charge in [0.1, 0.15) is 17.4 Å². The summed E-state index contributed by atoms with van der Waals surface area (Å²) >= 11 is 5.83. The second-order valence-corrected chi connectivity index (χ2v) is 7.51. The van der Waals surface area contributed by atoms with E-state index in [4.69, 9.17) is 21.1 Å². The van der Waals surface area contributed by atoms with Gasteiger partial charge in [0, 0.05) is 11.6 Å². The minimum Gasteiger partial charge on any atom is -0.489 e. The number of rotatable bonds is 6. The molecule has 32 heavy (non-hydrogen) atoms. The Balaban J connectivity index is 1.48. The lowest BCUT2D eigenvalue weighted by Crippen LogP contribution is -2.06. The minimum absolute atomic E-state index is 0.0101. The summed E-state index contributed by atoms with van der Waals surface area (Å²) in [5.74, 6) is 0.0377. The monoisotopic (exact) mass is 448 g/mol. The zero-order chi connectivity index (χ0) is 22.7. The lowest BCUT2D eigenvalue weighted by Gasteiger charge is -2.07. The van der Waals surface area contributed by atoms with Crippen LogP contribution < -0.4 is 4.74 Å². The molecule has 0 fully saturated rings. The first-order chi connectivity index (χ1) is 15.4. The highest BCUT2D eigenvalue weighted by atomic mass is 35.5. The average molecular weight is 449 g/mol. The van der Waals surface area contributed by atoms with Crippen LogP contribution in [0.4, 0.5) is 5.69 Å². The molecule has 4 rings (SSSR count). The zero-order valence-corrected chi connectivity index (χ0v) is 17.7. The fraction of sp³-hybridized carbons (Fsp3) is 0.0833. The van der Waals surface area contributed by atoms with Gasteiger partial charge in [-0.25, -0.2) is 9.79 Å². The van der Waals surface area contributed by atoms with Crippen LogP contribution in [0.25, 0.3) is 6.08 Å². The van der Waals surface area contributed by atoms with Gasteiger partial charge in [0.15, 0.2) is 5.70 Å². The van der Waals surface area contributed by atoms with E-state index in [0.29, 0.717) is 12.4 Å². The molecule has 0 N–H and O–H groups in total. The smallest absolute Gasteiger partial charge is 0.363 e. The molecule has 0 atom stereocenters. The van der Waals surface area contributed by atoms with Crippen LogP contribution in [0, 0.1) is 17.0 Å². The first-order valence-electron chi connectivity index (χ1n) is 9.64. The van der Waals surface area contributed by atoms with Crippen molar-refractivity contribution in [1.82, 2.24) is 0 Å². The van der Waals surface area contributed by atoms with Crippen molar-refractivity contribution in [3.8, 4) is 5.75 Å². The number of carbonyl (C=O) groups excluding carboxylic acids is 1. The molecule has 0 radical (unpaired) electrons. The molecule has 0 saturated carbocycles. The molecule has 0 unspecified atom stereocenters. The van der Waals surface area contributed by atoms with Gasteiger partial charge in [-0.15, -0.1) is 0 Å². The van der Waals surface area contributed by atoms with Crippen LogP contribution in [0.15, 0.2) is 77.4 Å². The molecular weight excluding hydrogens is 432 g/mol. The summed E-state index contributed by atoms with van der Waals surface area (Å²) in [7, 11) is 0. The summed E-state index contributed by atoms with van der Waals surface area (Å²) in [5, 5.41) is 11.1. The van der Waals surface area contributed by atoms with E-state index < -0.39 is 10.9 Å². The molecule has 8 heteroatoms. The standard InChI is InChI=1S/C24H17ClN2O5/c1-15-2-4-17(5-3-15)14-31-19-9-6-16(7-10-19)12-21-24(28)32-23(26-21)18-8-11-20(25)22(13-18)27(29)30/h2-13H,14H2,1H3/b21-12-. The van der Waals surface area contributed by atoms with Gasteiger partial charge in [-0.2, -0.15) is 0 Å². The van der Waals surface area contributed by atoms with Crippen LogP contribution >= 0.6 is 11.6 Å². The highest BCUT2D eigenvalue weighted by molar-refractivity contribution is 6.32. The predicted molar refractivity (Wildman–Crippen MR) is 121 cm³/mol. The summed E-state index contributed by atoms with van der Waals surface area (Å²) < 4.78 is 11.0. The number of halogens is 1. The molecule has 0 saturated heterocycles. The lowest BCUT2D eigenvalue weighted by atomic mass is 10.1. The Bertz CT molecular complexity index is 1250. The number of aliphatic imine (C=N–C) groups is 1. The third kappa shape index (κ3) is 4.84.